The second-order valence-corrected chi connectivity index (χ2v) is 10.5. The van der Waals surface area contributed by atoms with Crippen molar-refractivity contribution < 1.29 is 9.59 Å². The number of carbonyl (C=O) groups excluding carboxylic acids is 2. The second kappa shape index (κ2) is 10.8. The maximum atomic E-state index is 13.4. The van der Waals surface area contributed by atoms with E-state index in [1.807, 2.05) is 115 Å². The third-order valence-electron chi connectivity index (χ3n) is 7.58. The molecule has 2 heterocycles. The molecule has 0 atom stereocenters. The summed E-state index contributed by atoms with van der Waals surface area (Å²) in [5.41, 5.74) is 12.8. The van der Waals surface area contributed by atoms with E-state index in [-0.39, 0.29) is 18.2 Å². The summed E-state index contributed by atoms with van der Waals surface area (Å²) in [4.78, 5) is 30.1. The molecule has 7 nitrogen and oxygen atoms in total. The van der Waals surface area contributed by atoms with Crippen LogP contribution < -0.4 is 20.5 Å². The molecule has 41 heavy (non-hydrogen) atoms. The van der Waals surface area contributed by atoms with Gasteiger partial charge in [0.25, 0.3) is 5.91 Å². The first-order valence-electron chi connectivity index (χ1n) is 13.6. The lowest BCUT2D eigenvalue weighted by Gasteiger charge is -2.20. The summed E-state index contributed by atoms with van der Waals surface area (Å²) in [6.07, 6.45) is 1.07. The second-order valence-electron chi connectivity index (χ2n) is 10.5. The minimum atomic E-state index is -0.184. The molecule has 2 aliphatic rings. The van der Waals surface area contributed by atoms with Crippen LogP contribution in [0.3, 0.4) is 0 Å². The number of carbonyl (C=O) groups is 2. The zero-order valence-corrected chi connectivity index (χ0v) is 23.1. The fraction of sp³-hybridized carbons (Fsp3) is 0.147. The Morgan fingerprint density at radius 1 is 0.951 bits per heavy atom. The quantitative estimate of drug-likeness (QED) is 0.340. The number of nitrogens with zero attached hydrogens (tertiary/aromatic N) is 3. The van der Waals surface area contributed by atoms with E-state index in [0.29, 0.717) is 17.8 Å². The van der Waals surface area contributed by atoms with Crippen molar-refractivity contribution in [2.75, 3.05) is 35.8 Å². The highest BCUT2D eigenvalue weighted by Crippen LogP contribution is 2.32. The van der Waals surface area contributed by atoms with Crippen molar-refractivity contribution in [2.45, 2.75) is 12.8 Å². The van der Waals surface area contributed by atoms with Crippen LogP contribution in [0.25, 0.3) is 5.70 Å². The smallest absolute Gasteiger partial charge is 0.255 e. The lowest BCUT2D eigenvalue weighted by atomic mass is 9.94. The van der Waals surface area contributed by atoms with E-state index in [9.17, 15) is 9.59 Å². The van der Waals surface area contributed by atoms with Crippen LogP contribution in [0.5, 0.6) is 0 Å². The number of fused-ring (bicyclic) bond motifs is 2. The number of nitrogens with one attached hydrogen (secondary N) is 2. The Labute approximate surface area is 239 Å². The molecule has 4 aromatic carbocycles. The van der Waals surface area contributed by atoms with Gasteiger partial charge in [0, 0.05) is 60.0 Å². The van der Waals surface area contributed by atoms with Crippen LogP contribution in [0.15, 0.2) is 103 Å². The Kier molecular flexibility index (Phi) is 6.85. The van der Waals surface area contributed by atoms with Crippen molar-refractivity contribution in [3.63, 3.8) is 0 Å². The molecule has 0 fully saturated rings. The molecular formula is C34H31N5O2. The summed E-state index contributed by atoms with van der Waals surface area (Å²) < 4.78 is 0. The number of benzene rings is 4. The van der Waals surface area contributed by atoms with E-state index in [1.54, 1.807) is 0 Å². The summed E-state index contributed by atoms with van der Waals surface area (Å²) in [6.45, 7) is 4.67. The van der Waals surface area contributed by atoms with Gasteiger partial charge in [-0.15, -0.1) is 0 Å². The van der Waals surface area contributed by atoms with Crippen molar-refractivity contribution >= 4 is 40.3 Å². The van der Waals surface area contributed by atoms with Crippen molar-refractivity contribution in [3.05, 3.63) is 131 Å². The number of hydrogen-bond donors (Lipinski definition) is 2. The minimum absolute atomic E-state index is 0.0255. The molecule has 6 rings (SSSR count). The number of hydrazone groups is 1. The van der Waals surface area contributed by atoms with Crippen LogP contribution in [0.2, 0.25) is 0 Å². The van der Waals surface area contributed by atoms with Crippen molar-refractivity contribution in [1.29, 1.82) is 0 Å². The maximum Gasteiger partial charge on any atom is 0.255 e. The SMILES string of the molecule is C=C1NN=C(c2ccc(CC(=O)N3CCc4ccc(NC(=O)c5ccc(N(C)C)cc5)cc43)cc2)c2ccccc21. The van der Waals surface area contributed by atoms with Gasteiger partial charge in [-0.05, 0) is 53.9 Å². The van der Waals surface area contributed by atoms with Gasteiger partial charge in [0.2, 0.25) is 5.91 Å². The van der Waals surface area contributed by atoms with Gasteiger partial charge in [-0.3, -0.25) is 15.0 Å². The van der Waals surface area contributed by atoms with Gasteiger partial charge in [0.1, 0.15) is 0 Å². The van der Waals surface area contributed by atoms with Gasteiger partial charge in [0.15, 0.2) is 0 Å². The zero-order chi connectivity index (χ0) is 28.5. The Morgan fingerprint density at radius 3 is 2.41 bits per heavy atom. The molecule has 0 bridgehead atoms. The number of hydrogen-bond acceptors (Lipinski definition) is 5. The standard InChI is InChI=1S/C34H31N5O2/c1-22-29-6-4-5-7-30(29)33(37-36-22)25-10-8-23(9-11-25)20-32(40)39-19-18-24-12-15-27(21-31(24)39)35-34(41)26-13-16-28(17-14-26)38(2)3/h4-17,21,36H,1,18-20H2,2-3H3,(H,35,41). The van der Waals surface area contributed by atoms with Crippen LogP contribution in [-0.4, -0.2) is 38.2 Å². The van der Waals surface area contributed by atoms with Gasteiger partial charge in [0.05, 0.1) is 17.8 Å². The summed E-state index contributed by atoms with van der Waals surface area (Å²) in [6, 6.07) is 29.3. The molecule has 0 unspecified atom stereocenters. The van der Waals surface area contributed by atoms with Crippen LogP contribution in [0, 0.1) is 0 Å². The monoisotopic (exact) mass is 541 g/mol. The van der Waals surface area contributed by atoms with Crippen LogP contribution >= 0.6 is 0 Å². The predicted octanol–water partition coefficient (Wildman–Crippen LogP) is 5.46. The van der Waals surface area contributed by atoms with Crippen LogP contribution in [-0.2, 0) is 17.6 Å². The lowest BCUT2D eigenvalue weighted by Crippen LogP contribution is -2.30. The van der Waals surface area contributed by atoms with E-state index >= 15 is 0 Å². The molecule has 0 aromatic heterocycles. The van der Waals surface area contributed by atoms with Gasteiger partial charge in [-0.1, -0.05) is 61.2 Å². The first kappa shape index (κ1) is 26.1. The summed E-state index contributed by atoms with van der Waals surface area (Å²) >= 11 is 0. The molecule has 2 N–H and O–H groups in total. The van der Waals surface area contributed by atoms with Gasteiger partial charge in [-0.2, -0.15) is 5.10 Å². The molecule has 2 amide bonds. The van der Waals surface area contributed by atoms with Gasteiger partial charge < -0.3 is 15.1 Å². The van der Waals surface area contributed by atoms with Crippen molar-refractivity contribution in [1.82, 2.24) is 5.43 Å². The van der Waals surface area contributed by atoms with E-state index < -0.39 is 0 Å². The highest BCUT2D eigenvalue weighted by Gasteiger charge is 2.25. The Hall–Kier alpha value is -5.17. The first-order valence-corrected chi connectivity index (χ1v) is 13.6. The summed E-state index contributed by atoms with van der Waals surface area (Å²) in [7, 11) is 3.92. The molecule has 0 saturated heterocycles. The zero-order valence-electron chi connectivity index (χ0n) is 23.1. The first-order chi connectivity index (χ1) is 19.9. The minimum Gasteiger partial charge on any atom is -0.378 e. The number of amides is 2. The molecule has 204 valence electrons. The largest absolute Gasteiger partial charge is 0.378 e. The normalized spacial score (nSPS) is 13.6. The van der Waals surface area contributed by atoms with E-state index in [2.05, 4.69) is 22.4 Å². The Balaban J connectivity index is 1.14. The predicted molar refractivity (Wildman–Crippen MR) is 166 cm³/mol. The third kappa shape index (κ3) is 5.22. The molecular weight excluding hydrogens is 510 g/mol. The van der Waals surface area contributed by atoms with E-state index in [1.165, 1.54) is 0 Å². The van der Waals surface area contributed by atoms with E-state index in [0.717, 1.165) is 57.0 Å². The van der Waals surface area contributed by atoms with Gasteiger partial charge >= 0.3 is 0 Å². The highest BCUT2D eigenvalue weighted by atomic mass is 16.2. The summed E-state index contributed by atoms with van der Waals surface area (Å²) in [5, 5.41) is 7.50. The Morgan fingerprint density at radius 2 is 1.68 bits per heavy atom. The molecule has 2 aliphatic heterocycles. The van der Waals surface area contributed by atoms with Crippen molar-refractivity contribution in [3.8, 4) is 0 Å². The Bertz CT molecular complexity index is 1690. The van der Waals surface area contributed by atoms with Gasteiger partial charge in [-0.25, -0.2) is 0 Å². The maximum absolute atomic E-state index is 13.4. The number of rotatable bonds is 6. The molecule has 0 radical (unpaired) electrons. The highest BCUT2D eigenvalue weighted by molar-refractivity contribution is 6.16. The number of anilines is 3. The lowest BCUT2D eigenvalue weighted by molar-refractivity contribution is -0.117. The van der Waals surface area contributed by atoms with Crippen LogP contribution in [0.4, 0.5) is 17.1 Å². The molecule has 0 saturated carbocycles. The summed E-state index contributed by atoms with van der Waals surface area (Å²) in [5.74, 6) is -0.159. The third-order valence-corrected chi connectivity index (χ3v) is 7.58. The average molecular weight is 542 g/mol. The molecule has 0 aliphatic carbocycles. The molecule has 7 heteroatoms. The van der Waals surface area contributed by atoms with Crippen LogP contribution in [0.1, 0.15) is 38.2 Å². The average Bonchev–Trinajstić information content (AvgIpc) is 3.42. The molecule has 4 aromatic rings. The molecule has 0 spiro atoms. The fourth-order valence-corrected chi connectivity index (χ4v) is 5.30. The van der Waals surface area contributed by atoms with E-state index in [4.69, 9.17) is 0 Å². The van der Waals surface area contributed by atoms with Crippen molar-refractivity contribution in [2.24, 2.45) is 5.10 Å². The topological polar surface area (TPSA) is 77.0 Å². The fourth-order valence-electron chi connectivity index (χ4n) is 5.30.